The molecule has 0 radical (unpaired) electrons. The average Bonchev–Trinajstić information content (AvgIpc) is 2.17. The minimum Gasteiger partial charge on any atom is -0.388 e. The van der Waals surface area contributed by atoms with Crippen molar-refractivity contribution in [1.82, 2.24) is 4.98 Å². The van der Waals surface area contributed by atoms with E-state index in [1.165, 1.54) is 0 Å². The summed E-state index contributed by atoms with van der Waals surface area (Å²) in [5, 5.41) is 12.7. The van der Waals surface area contributed by atoms with Crippen LogP contribution in [0, 0.1) is 0 Å². The number of hydrogen-bond acceptors (Lipinski definition) is 3. The number of nitrogens with zero attached hydrogens (tertiary/aromatic N) is 1. The molecule has 0 aliphatic heterocycles. The number of hydrogen-bond donors (Lipinski definition) is 2. The molecule has 14 heavy (non-hydrogen) atoms. The Kier molecular flexibility index (Phi) is 3.89. The molecular formula is C11H18N2O. The predicted molar refractivity (Wildman–Crippen MR) is 58.2 cm³/mol. The second kappa shape index (κ2) is 4.96. The van der Waals surface area contributed by atoms with Crippen molar-refractivity contribution in [1.29, 1.82) is 0 Å². The van der Waals surface area contributed by atoms with Crippen molar-refractivity contribution in [3.8, 4) is 0 Å². The van der Waals surface area contributed by atoms with Crippen LogP contribution in [-0.2, 0) is 0 Å². The van der Waals surface area contributed by atoms with E-state index in [1.807, 2.05) is 19.1 Å². The summed E-state index contributed by atoms with van der Waals surface area (Å²) in [5.41, 5.74) is 0.877. The average molecular weight is 194 g/mol. The first-order valence-corrected chi connectivity index (χ1v) is 5.04. The predicted octanol–water partition coefficient (Wildman–Crippen LogP) is 2.35. The first-order valence-electron chi connectivity index (χ1n) is 5.04. The van der Waals surface area contributed by atoms with Crippen LogP contribution < -0.4 is 5.32 Å². The lowest BCUT2D eigenvalue weighted by atomic mass is 10.1. The molecule has 1 rings (SSSR count). The summed E-state index contributed by atoms with van der Waals surface area (Å²) < 4.78 is 0. The summed E-state index contributed by atoms with van der Waals surface area (Å²) in [5.74, 6) is 0.854. The Balaban J connectivity index is 2.68. The molecular weight excluding hydrogens is 176 g/mol. The third-order valence-corrected chi connectivity index (χ3v) is 1.99. The van der Waals surface area contributed by atoms with E-state index < -0.39 is 6.10 Å². The maximum atomic E-state index is 9.54. The third-order valence-electron chi connectivity index (χ3n) is 1.99. The van der Waals surface area contributed by atoms with Gasteiger partial charge in [0.05, 0.1) is 6.10 Å². The lowest BCUT2D eigenvalue weighted by Crippen LogP contribution is -2.11. The van der Waals surface area contributed by atoms with Gasteiger partial charge in [0, 0.05) is 12.2 Å². The highest BCUT2D eigenvalue weighted by Crippen LogP contribution is 2.16. The molecule has 0 saturated carbocycles. The van der Waals surface area contributed by atoms with E-state index in [2.05, 4.69) is 24.1 Å². The van der Waals surface area contributed by atoms with Crippen molar-refractivity contribution in [3.05, 3.63) is 23.9 Å². The summed E-state index contributed by atoms with van der Waals surface area (Å²) in [4.78, 5) is 4.22. The Morgan fingerprint density at radius 1 is 1.43 bits per heavy atom. The van der Waals surface area contributed by atoms with Crippen LogP contribution in [-0.4, -0.2) is 16.1 Å². The maximum absolute atomic E-state index is 9.54. The molecule has 0 spiro atoms. The van der Waals surface area contributed by atoms with E-state index in [9.17, 15) is 5.11 Å². The fourth-order valence-electron chi connectivity index (χ4n) is 1.22. The lowest BCUT2D eigenvalue weighted by Gasteiger charge is -2.11. The number of rotatable bonds is 4. The normalized spacial score (nSPS) is 12.9. The zero-order valence-electron chi connectivity index (χ0n) is 8.99. The van der Waals surface area contributed by atoms with E-state index >= 15 is 0 Å². The number of aromatic nitrogens is 1. The smallest absolute Gasteiger partial charge is 0.126 e. The number of aliphatic hydroxyl groups is 1. The Morgan fingerprint density at radius 3 is 2.57 bits per heavy atom. The molecule has 2 N–H and O–H groups in total. The van der Waals surface area contributed by atoms with Crippen LogP contribution in [0.4, 0.5) is 5.82 Å². The van der Waals surface area contributed by atoms with Gasteiger partial charge in [0.1, 0.15) is 5.82 Å². The van der Waals surface area contributed by atoms with Gasteiger partial charge < -0.3 is 10.4 Å². The molecule has 0 amide bonds. The second-order valence-electron chi connectivity index (χ2n) is 3.70. The number of anilines is 1. The van der Waals surface area contributed by atoms with Crippen molar-refractivity contribution in [2.24, 2.45) is 0 Å². The van der Waals surface area contributed by atoms with Crippen LogP contribution in [0.2, 0.25) is 0 Å². The van der Waals surface area contributed by atoms with Crippen LogP contribution in [0.1, 0.15) is 38.9 Å². The fraction of sp³-hybridized carbons (Fsp3) is 0.545. The van der Waals surface area contributed by atoms with E-state index in [0.29, 0.717) is 6.04 Å². The minimum absolute atomic E-state index is 0.379. The molecule has 0 aromatic carbocycles. The molecule has 0 bridgehead atoms. The van der Waals surface area contributed by atoms with Crippen LogP contribution in [0.15, 0.2) is 18.3 Å². The SMILES string of the molecule is CC[C@@H](O)c1ccc(NC(C)C)nc1. The number of nitrogens with one attached hydrogen (secondary N) is 1. The van der Waals surface area contributed by atoms with Crippen LogP contribution in [0.5, 0.6) is 0 Å². The number of aliphatic hydroxyl groups excluding tert-OH is 1. The van der Waals surface area contributed by atoms with Gasteiger partial charge in [-0.1, -0.05) is 13.0 Å². The van der Waals surface area contributed by atoms with E-state index in [-0.39, 0.29) is 0 Å². The van der Waals surface area contributed by atoms with Gasteiger partial charge in [0.15, 0.2) is 0 Å². The summed E-state index contributed by atoms with van der Waals surface area (Å²) in [6, 6.07) is 4.18. The van der Waals surface area contributed by atoms with Gasteiger partial charge in [-0.05, 0) is 31.9 Å². The van der Waals surface area contributed by atoms with E-state index in [0.717, 1.165) is 17.8 Å². The lowest BCUT2D eigenvalue weighted by molar-refractivity contribution is 0.173. The Labute approximate surface area is 85.2 Å². The molecule has 3 heteroatoms. The van der Waals surface area contributed by atoms with Gasteiger partial charge in [0.25, 0.3) is 0 Å². The van der Waals surface area contributed by atoms with Gasteiger partial charge in [-0.15, -0.1) is 0 Å². The van der Waals surface area contributed by atoms with E-state index in [4.69, 9.17) is 0 Å². The Bertz CT molecular complexity index is 269. The summed E-state index contributed by atoms with van der Waals surface area (Å²) in [7, 11) is 0. The zero-order valence-corrected chi connectivity index (χ0v) is 8.99. The maximum Gasteiger partial charge on any atom is 0.126 e. The second-order valence-corrected chi connectivity index (χ2v) is 3.70. The molecule has 0 fully saturated rings. The number of pyridine rings is 1. The van der Waals surface area contributed by atoms with Crippen molar-refractivity contribution < 1.29 is 5.11 Å². The molecule has 1 aromatic heterocycles. The largest absolute Gasteiger partial charge is 0.388 e. The molecule has 0 unspecified atom stereocenters. The van der Waals surface area contributed by atoms with Gasteiger partial charge in [-0.25, -0.2) is 4.98 Å². The molecule has 0 aliphatic carbocycles. The highest BCUT2D eigenvalue weighted by Gasteiger charge is 2.04. The van der Waals surface area contributed by atoms with Gasteiger partial charge in [0.2, 0.25) is 0 Å². The fourth-order valence-corrected chi connectivity index (χ4v) is 1.22. The summed E-state index contributed by atoms with van der Waals surface area (Å²) >= 11 is 0. The van der Waals surface area contributed by atoms with E-state index in [1.54, 1.807) is 6.20 Å². The quantitative estimate of drug-likeness (QED) is 0.773. The molecule has 3 nitrogen and oxygen atoms in total. The van der Waals surface area contributed by atoms with Gasteiger partial charge in [-0.2, -0.15) is 0 Å². The first kappa shape index (κ1) is 11.0. The van der Waals surface area contributed by atoms with Crippen molar-refractivity contribution in [2.75, 3.05) is 5.32 Å². The van der Waals surface area contributed by atoms with Crippen molar-refractivity contribution in [3.63, 3.8) is 0 Å². The Morgan fingerprint density at radius 2 is 2.14 bits per heavy atom. The van der Waals surface area contributed by atoms with Crippen molar-refractivity contribution >= 4 is 5.82 Å². The topological polar surface area (TPSA) is 45.1 Å². The zero-order chi connectivity index (χ0) is 10.6. The van der Waals surface area contributed by atoms with Crippen molar-refractivity contribution in [2.45, 2.75) is 39.3 Å². The van der Waals surface area contributed by atoms with Gasteiger partial charge >= 0.3 is 0 Å². The Hall–Kier alpha value is -1.09. The van der Waals surface area contributed by atoms with Gasteiger partial charge in [-0.3, -0.25) is 0 Å². The van der Waals surface area contributed by atoms with Crippen LogP contribution in [0.3, 0.4) is 0 Å². The molecule has 1 atom stereocenters. The molecule has 78 valence electrons. The standard InChI is InChI=1S/C11H18N2O/c1-4-10(14)9-5-6-11(12-7-9)13-8(2)3/h5-8,10,14H,4H2,1-3H3,(H,12,13)/t10-/m1/s1. The molecule has 1 aromatic rings. The highest BCUT2D eigenvalue weighted by atomic mass is 16.3. The molecule has 1 heterocycles. The highest BCUT2D eigenvalue weighted by molar-refractivity contribution is 5.36. The summed E-state index contributed by atoms with van der Waals surface area (Å²) in [6.07, 6.45) is 2.05. The minimum atomic E-state index is -0.393. The molecule has 0 saturated heterocycles. The first-order chi connectivity index (χ1) is 6.63. The van der Waals surface area contributed by atoms with Crippen LogP contribution >= 0.6 is 0 Å². The third kappa shape index (κ3) is 3.00. The van der Waals surface area contributed by atoms with Crippen LogP contribution in [0.25, 0.3) is 0 Å². The summed E-state index contributed by atoms with van der Waals surface area (Å²) in [6.45, 7) is 6.08. The monoisotopic (exact) mass is 194 g/mol. The molecule has 0 aliphatic rings.